The average Bonchev–Trinajstić information content (AvgIpc) is 3.65. The fraction of sp³-hybridized carbons (Fsp3) is 0.286. The van der Waals surface area contributed by atoms with Gasteiger partial charge in [-0.1, -0.05) is 41.4 Å². The molecule has 1 aliphatic carbocycles. The van der Waals surface area contributed by atoms with Crippen LogP contribution in [-0.2, 0) is 19.1 Å². The number of esters is 1. The Labute approximate surface area is 214 Å². The first-order valence-electron chi connectivity index (χ1n) is 11.9. The molecule has 0 radical (unpaired) electrons. The molecule has 1 heterocycles. The molecule has 37 heavy (non-hydrogen) atoms. The zero-order chi connectivity index (χ0) is 26.4. The second kappa shape index (κ2) is 11.0. The Morgan fingerprint density at radius 1 is 1.05 bits per heavy atom. The monoisotopic (exact) mass is 501 g/mol. The van der Waals surface area contributed by atoms with Gasteiger partial charge in [-0.2, -0.15) is 0 Å². The molecule has 0 bridgehead atoms. The van der Waals surface area contributed by atoms with E-state index < -0.39 is 23.6 Å². The van der Waals surface area contributed by atoms with Crippen LogP contribution in [0.5, 0.6) is 0 Å². The maximum atomic E-state index is 12.6. The van der Waals surface area contributed by atoms with Crippen LogP contribution in [0.3, 0.4) is 0 Å². The van der Waals surface area contributed by atoms with Crippen molar-refractivity contribution < 1.29 is 28.4 Å². The van der Waals surface area contributed by atoms with Crippen molar-refractivity contribution in [2.45, 2.75) is 39.7 Å². The summed E-state index contributed by atoms with van der Waals surface area (Å²) < 4.78 is 15.8. The number of anilines is 2. The molecule has 3 aromatic rings. The van der Waals surface area contributed by atoms with Crippen molar-refractivity contribution in [3.63, 3.8) is 0 Å². The largest absolute Gasteiger partial charge is 0.465 e. The van der Waals surface area contributed by atoms with E-state index in [0.717, 1.165) is 5.56 Å². The van der Waals surface area contributed by atoms with Gasteiger partial charge in [0, 0.05) is 11.3 Å². The summed E-state index contributed by atoms with van der Waals surface area (Å²) in [6.45, 7) is 5.41. The van der Waals surface area contributed by atoms with Gasteiger partial charge in [0.05, 0.1) is 6.61 Å². The number of carbonyl (C=O) groups excluding carboxylic acids is 3. The highest BCUT2D eigenvalue weighted by atomic mass is 16.6. The highest BCUT2D eigenvalue weighted by Gasteiger charge is 2.58. The second-order valence-corrected chi connectivity index (χ2v) is 8.64. The van der Waals surface area contributed by atoms with Gasteiger partial charge in [0.2, 0.25) is 11.7 Å². The van der Waals surface area contributed by atoms with Gasteiger partial charge in [0.1, 0.15) is 22.9 Å². The molecule has 4 rings (SSSR count). The lowest BCUT2D eigenvalue weighted by Crippen LogP contribution is -2.33. The van der Waals surface area contributed by atoms with Gasteiger partial charge in [-0.25, -0.2) is 4.79 Å². The first kappa shape index (κ1) is 25.5. The lowest BCUT2D eigenvalue weighted by molar-refractivity contribution is -0.152. The number of benzene rings is 2. The Morgan fingerprint density at radius 2 is 1.76 bits per heavy atom. The SMILES string of the molecule is CCOC(=O)C1(C(=O)Nc2ccc(C#Cc3onc(C)c3NC(=O)OC(C)c3ccccc3)cc2)CC1. The number of aromatic nitrogens is 1. The summed E-state index contributed by atoms with van der Waals surface area (Å²) in [5.41, 5.74) is 1.76. The molecule has 190 valence electrons. The zero-order valence-electron chi connectivity index (χ0n) is 20.8. The quantitative estimate of drug-likeness (QED) is 0.266. The molecule has 1 aromatic heterocycles. The normalized spacial score (nSPS) is 13.9. The van der Waals surface area contributed by atoms with Crippen LogP contribution in [0.2, 0.25) is 0 Å². The van der Waals surface area contributed by atoms with Crippen LogP contribution in [0.1, 0.15) is 55.4 Å². The van der Waals surface area contributed by atoms with Crippen LogP contribution in [0.15, 0.2) is 59.1 Å². The average molecular weight is 502 g/mol. The van der Waals surface area contributed by atoms with Gasteiger partial charge < -0.3 is 19.3 Å². The van der Waals surface area contributed by atoms with Crippen LogP contribution in [0.25, 0.3) is 0 Å². The summed E-state index contributed by atoms with van der Waals surface area (Å²) >= 11 is 0. The molecular weight excluding hydrogens is 474 g/mol. The van der Waals surface area contributed by atoms with E-state index in [1.165, 1.54) is 0 Å². The van der Waals surface area contributed by atoms with Crippen molar-refractivity contribution in [3.05, 3.63) is 77.2 Å². The third-order valence-corrected chi connectivity index (χ3v) is 5.96. The highest BCUT2D eigenvalue weighted by molar-refractivity contribution is 6.11. The molecule has 2 aromatic carbocycles. The molecular formula is C28H27N3O6. The van der Waals surface area contributed by atoms with Gasteiger partial charge in [-0.15, -0.1) is 0 Å². The lowest BCUT2D eigenvalue weighted by atomic mass is 10.1. The smallest absolute Gasteiger partial charge is 0.412 e. The summed E-state index contributed by atoms with van der Waals surface area (Å²) in [5.74, 6) is 5.15. The van der Waals surface area contributed by atoms with Crippen molar-refractivity contribution in [2.75, 3.05) is 17.2 Å². The van der Waals surface area contributed by atoms with E-state index in [2.05, 4.69) is 27.6 Å². The van der Waals surface area contributed by atoms with E-state index in [0.29, 0.717) is 35.5 Å². The summed E-state index contributed by atoms with van der Waals surface area (Å²) in [7, 11) is 0. The van der Waals surface area contributed by atoms with E-state index >= 15 is 0 Å². The van der Waals surface area contributed by atoms with Crippen LogP contribution < -0.4 is 10.6 Å². The number of amides is 2. The lowest BCUT2D eigenvalue weighted by Gasteiger charge is -2.14. The van der Waals surface area contributed by atoms with E-state index in [9.17, 15) is 14.4 Å². The molecule has 2 amide bonds. The second-order valence-electron chi connectivity index (χ2n) is 8.64. The topological polar surface area (TPSA) is 120 Å². The fourth-order valence-electron chi connectivity index (χ4n) is 3.62. The molecule has 0 saturated heterocycles. The number of ether oxygens (including phenoxy) is 2. The predicted octanol–water partition coefficient (Wildman–Crippen LogP) is 4.97. The summed E-state index contributed by atoms with van der Waals surface area (Å²) in [6, 6.07) is 16.2. The van der Waals surface area contributed by atoms with E-state index in [4.69, 9.17) is 14.0 Å². The first-order chi connectivity index (χ1) is 17.8. The minimum Gasteiger partial charge on any atom is -0.465 e. The summed E-state index contributed by atoms with van der Waals surface area (Å²) in [6.07, 6.45) is -0.135. The minimum atomic E-state index is -1.08. The molecule has 9 heteroatoms. The predicted molar refractivity (Wildman–Crippen MR) is 136 cm³/mol. The van der Waals surface area contributed by atoms with Crippen molar-refractivity contribution >= 4 is 29.3 Å². The van der Waals surface area contributed by atoms with Crippen LogP contribution in [-0.4, -0.2) is 29.7 Å². The molecule has 1 unspecified atom stereocenters. The van der Waals surface area contributed by atoms with Gasteiger partial charge >= 0.3 is 12.1 Å². The van der Waals surface area contributed by atoms with E-state index in [-0.39, 0.29) is 18.3 Å². The Hall–Kier alpha value is -4.58. The van der Waals surface area contributed by atoms with Crippen molar-refractivity contribution in [3.8, 4) is 11.8 Å². The number of nitrogens with zero attached hydrogens (tertiary/aromatic N) is 1. The van der Waals surface area contributed by atoms with Crippen LogP contribution in [0.4, 0.5) is 16.2 Å². The Kier molecular flexibility index (Phi) is 7.58. The maximum absolute atomic E-state index is 12.6. The first-order valence-corrected chi connectivity index (χ1v) is 11.9. The summed E-state index contributed by atoms with van der Waals surface area (Å²) in [5, 5.41) is 9.32. The van der Waals surface area contributed by atoms with Crippen LogP contribution in [0, 0.1) is 24.2 Å². The zero-order valence-corrected chi connectivity index (χ0v) is 20.8. The molecule has 1 atom stereocenters. The van der Waals surface area contributed by atoms with Gasteiger partial charge in [-0.05, 0) is 69.4 Å². The van der Waals surface area contributed by atoms with Gasteiger partial charge in [0.25, 0.3) is 0 Å². The van der Waals surface area contributed by atoms with Gasteiger partial charge in [-0.3, -0.25) is 14.9 Å². The summed E-state index contributed by atoms with van der Waals surface area (Å²) in [4.78, 5) is 37.1. The van der Waals surface area contributed by atoms with Crippen molar-refractivity contribution in [1.82, 2.24) is 5.16 Å². The number of nitrogens with one attached hydrogen (secondary N) is 2. The molecule has 0 aliphatic heterocycles. The number of hydrogen-bond donors (Lipinski definition) is 2. The van der Waals surface area contributed by atoms with E-state index in [1.54, 1.807) is 45.0 Å². The minimum absolute atomic E-state index is 0.185. The molecule has 1 saturated carbocycles. The number of hydrogen-bond acceptors (Lipinski definition) is 7. The molecule has 1 aliphatic rings. The molecule has 9 nitrogen and oxygen atoms in total. The third kappa shape index (κ3) is 5.98. The van der Waals surface area contributed by atoms with Gasteiger partial charge in [0.15, 0.2) is 0 Å². The number of aryl methyl sites for hydroxylation is 1. The van der Waals surface area contributed by atoms with Crippen LogP contribution >= 0.6 is 0 Å². The standard InChI is InChI=1S/C28H27N3O6/c1-4-35-26(33)28(16-17-28)25(32)29-22-13-10-20(11-14-22)12-15-23-24(18(2)31-37-23)30-27(34)36-19(3)21-8-6-5-7-9-21/h5-11,13-14,19H,4,16-17H2,1-3H3,(H,29,32)(H,30,34). The van der Waals surface area contributed by atoms with E-state index in [1.807, 2.05) is 30.3 Å². The Bertz CT molecular complexity index is 1350. The molecule has 2 N–H and O–H groups in total. The Morgan fingerprint density at radius 3 is 2.41 bits per heavy atom. The molecule has 1 fully saturated rings. The van der Waals surface area contributed by atoms with Crippen molar-refractivity contribution in [2.24, 2.45) is 5.41 Å². The fourth-order valence-corrected chi connectivity index (χ4v) is 3.62. The van der Waals surface area contributed by atoms with Crippen molar-refractivity contribution in [1.29, 1.82) is 0 Å². The molecule has 0 spiro atoms. The highest BCUT2D eigenvalue weighted by Crippen LogP contribution is 2.47. The Balaban J connectivity index is 1.38. The number of carbonyl (C=O) groups is 3. The third-order valence-electron chi connectivity index (χ3n) is 5.96. The number of rotatable bonds is 7. The maximum Gasteiger partial charge on any atom is 0.412 e.